The summed E-state index contributed by atoms with van der Waals surface area (Å²) in [7, 11) is 5.68. The number of aromatic nitrogens is 2. The summed E-state index contributed by atoms with van der Waals surface area (Å²) < 4.78 is 1.59. The van der Waals surface area contributed by atoms with E-state index in [4.69, 9.17) is 4.98 Å². The molecule has 0 unspecified atom stereocenters. The van der Waals surface area contributed by atoms with Crippen molar-refractivity contribution in [2.24, 2.45) is 0 Å². The summed E-state index contributed by atoms with van der Waals surface area (Å²) >= 11 is 1.65. The first-order valence-electron chi connectivity index (χ1n) is 10.4. The number of nitrogens with zero attached hydrogens (tertiary/aromatic N) is 4. The molecule has 1 aromatic carbocycles. The van der Waals surface area contributed by atoms with Crippen LogP contribution in [0.5, 0.6) is 0 Å². The highest BCUT2D eigenvalue weighted by Gasteiger charge is 2.23. The van der Waals surface area contributed by atoms with Gasteiger partial charge in [-0.1, -0.05) is 30.3 Å². The number of rotatable bonds is 6. The second kappa shape index (κ2) is 8.70. The minimum Gasteiger partial charge on any atom is -0.340 e. The summed E-state index contributed by atoms with van der Waals surface area (Å²) in [6, 6.07) is 9.88. The molecule has 0 bridgehead atoms. The normalized spacial score (nSPS) is 13.6. The molecule has 3 aromatic rings. The van der Waals surface area contributed by atoms with E-state index in [1.807, 2.05) is 49.3 Å². The van der Waals surface area contributed by atoms with Gasteiger partial charge in [-0.15, -0.1) is 11.3 Å². The third-order valence-electron chi connectivity index (χ3n) is 5.59. The Hall–Kier alpha value is -2.51. The van der Waals surface area contributed by atoms with E-state index in [-0.39, 0.29) is 18.0 Å². The Morgan fingerprint density at radius 3 is 2.57 bits per heavy atom. The van der Waals surface area contributed by atoms with Crippen LogP contribution >= 0.6 is 11.3 Å². The Balaban J connectivity index is 1.69. The molecule has 158 valence electrons. The van der Waals surface area contributed by atoms with Crippen LogP contribution in [0, 0.1) is 0 Å². The van der Waals surface area contributed by atoms with Crippen molar-refractivity contribution in [3.05, 3.63) is 62.5 Å². The first-order chi connectivity index (χ1) is 14.4. The predicted molar refractivity (Wildman–Crippen MR) is 121 cm³/mol. The molecule has 30 heavy (non-hydrogen) atoms. The van der Waals surface area contributed by atoms with Crippen LogP contribution in [0.4, 0.5) is 0 Å². The van der Waals surface area contributed by atoms with Crippen LogP contribution in [0.15, 0.2) is 35.1 Å². The van der Waals surface area contributed by atoms with Gasteiger partial charge in [0.2, 0.25) is 5.91 Å². The van der Waals surface area contributed by atoms with Crippen molar-refractivity contribution < 1.29 is 4.79 Å². The molecule has 0 aliphatic heterocycles. The topological polar surface area (TPSA) is 58.4 Å². The molecule has 6 nitrogen and oxygen atoms in total. The molecule has 0 spiro atoms. The first kappa shape index (κ1) is 20.8. The van der Waals surface area contributed by atoms with Crippen LogP contribution < -0.4 is 5.56 Å². The zero-order valence-corrected chi connectivity index (χ0v) is 18.7. The van der Waals surface area contributed by atoms with E-state index in [0.29, 0.717) is 18.9 Å². The fraction of sp³-hybridized carbons (Fsp3) is 0.435. The second-order valence-electron chi connectivity index (χ2n) is 8.28. The highest BCUT2D eigenvalue weighted by molar-refractivity contribution is 7.18. The maximum absolute atomic E-state index is 13.5. The molecule has 7 heteroatoms. The van der Waals surface area contributed by atoms with E-state index in [2.05, 4.69) is 0 Å². The van der Waals surface area contributed by atoms with Crippen molar-refractivity contribution in [3.8, 4) is 0 Å². The molecule has 0 fully saturated rings. The van der Waals surface area contributed by atoms with Crippen LogP contribution in [0.3, 0.4) is 0 Å². The number of carbonyl (C=O) groups excluding carboxylic acids is 1. The number of hydrogen-bond donors (Lipinski definition) is 0. The van der Waals surface area contributed by atoms with Crippen molar-refractivity contribution in [3.63, 3.8) is 0 Å². The molecule has 1 amide bonds. The zero-order chi connectivity index (χ0) is 21.3. The van der Waals surface area contributed by atoms with Crippen LogP contribution in [-0.2, 0) is 37.3 Å². The van der Waals surface area contributed by atoms with Crippen molar-refractivity contribution in [2.45, 2.75) is 45.3 Å². The lowest BCUT2D eigenvalue weighted by molar-refractivity contribution is -0.131. The maximum atomic E-state index is 13.5. The monoisotopic (exact) mass is 424 g/mol. The Labute approximate surface area is 180 Å². The number of carbonyl (C=O) groups is 1. The van der Waals surface area contributed by atoms with Gasteiger partial charge in [0.25, 0.3) is 5.56 Å². The Bertz CT molecular complexity index is 1120. The third kappa shape index (κ3) is 4.18. The lowest BCUT2D eigenvalue weighted by Crippen LogP contribution is -2.36. The van der Waals surface area contributed by atoms with Crippen LogP contribution in [0.1, 0.15) is 34.7 Å². The maximum Gasteiger partial charge on any atom is 0.263 e. The number of aryl methyl sites for hydroxylation is 2. The largest absolute Gasteiger partial charge is 0.340 e. The summed E-state index contributed by atoms with van der Waals surface area (Å²) in [6.45, 7) is 1.04. The van der Waals surface area contributed by atoms with Crippen LogP contribution in [0.25, 0.3) is 10.2 Å². The molecular formula is C23H28N4O2S. The fourth-order valence-corrected chi connectivity index (χ4v) is 5.32. The number of benzene rings is 1. The van der Waals surface area contributed by atoms with E-state index >= 15 is 0 Å². The fourth-order valence-electron chi connectivity index (χ4n) is 4.05. The van der Waals surface area contributed by atoms with Gasteiger partial charge in [0.05, 0.1) is 11.9 Å². The molecule has 1 aliphatic carbocycles. The Morgan fingerprint density at radius 1 is 1.10 bits per heavy atom. The summed E-state index contributed by atoms with van der Waals surface area (Å²) in [4.78, 5) is 37.1. The van der Waals surface area contributed by atoms with Gasteiger partial charge in [-0.05, 0) is 50.9 Å². The van der Waals surface area contributed by atoms with E-state index in [1.54, 1.807) is 27.9 Å². The number of amides is 1. The molecule has 4 rings (SSSR count). The number of hydrogen-bond acceptors (Lipinski definition) is 5. The van der Waals surface area contributed by atoms with Crippen LogP contribution in [-0.4, -0.2) is 46.4 Å². The minimum atomic E-state index is -0.0915. The average Bonchev–Trinajstić information content (AvgIpc) is 3.09. The molecule has 0 N–H and O–H groups in total. The highest BCUT2D eigenvalue weighted by atomic mass is 32.1. The van der Waals surface area contributed by atoms with E-state index in [0.717, 1.165) is 40.6 Å². The third-order valence-corrected chi connectivity index (χ3v) is 6.78. The van der Waals surface area contributed by atoms with Crippen LogP contribution in [0.2, 0.25) is 0 Å². The van der Waals surface area contributed by atoms with Crippen molar-refractivity contribution in [1.29, 1.82) is 0 Å². The molecule has 2 aromatic heterocycles. The predicted octanol–water partition coefficient (Wildman–Crippen LogP) is 3.06. The van der Waals surface area contributed by atoms with E-state index in [1.165, 1.54) is 11.3 Å². The number of thiophene rings is 1. The van der Waals surface area contributed by atoms with Crippen molar-refractivity contribution in [1.82, 2.24) is 19.4 Å². The lowest BCUT2D eigenvalue weighted by atomic mass is 9.97. The SMILES string of the molecule is CN(C)Cc1nc2sc3c(c2c(=O)n1CC(=O)N(C)Cc1ccccc1)CCCC3. The van der Waals surface area contributed by atoms with Gasteiger partial charge < -0.3 is 9.80 Å². The first-order valence-corrected chi connectivity index (χ1v) is 11.2. The number of likely N-dealkylation sites (N-methyl/N-ethyl adjacent to an activating group) is 1. The molecule has 0 atom stereocenters. The highest BCUT2D eigenvalue weighted by Crippen LogP contribution is 2.33. The Morgan fingerprint density at radius 2 is 1.83 bits per heavy atom. The smallest absolute Gasteiger partial charge is 0.263 e. The molecule has 1 aliphatic rings. The van der Waals surface area contributed by atoms with Crippen molar-refractivity contribution in [2.75, 3.05) is 21.1 Å². The summed E-state index contributed by atoms with van der Waals surface area (Å²) in [5.74, 6) is 0.559. The summed E-state index contributed by atoms with van der Waals surface area (Å²) in [5, 5.41) is 0.732. The standard InChI is InChI=1S/C23H28N4O2S/c1-25(2)14-19-24-22-21(17-11-7-8-12-18(17)30-22)23(29)27(19)15-20(28)26(3)13-16-9-5-4-6-10-16/h4-6,9-10H,7-8,11-15H2,1-3H3. The van der Waals surface area contributed by atoms with E-state index in [9.17, 15) is 9.59 Å². The van der Waals surface area contributed by atoms with Gasteiger partial charge in [-0.3, -0.25) is 14.2 Å². The Kier molecular flexibility index (Phi) is 6.01. The van der Waals surface area contributed by atoms with Gasteiger partial charge in [-0.25, -0.2) is 4.98 Å². The zero-order valence-electron chi connectivity index (χ0n) is 17.9. The quantitative estimate of drug-likeness (QED) is 0.610. The molecule has 0 saturated carbocycles. The average molecular weight is 425 g/mol. The lowest BCUT2D eigenvalue weighted by Gasteiger charge is -2.20. The van der Waals surface area contributed by atoms with Crippen molar-refractivity contribution >= 4 is 27.5 Å². The molecule has 2 heterocycles. The summed E-state index contributed by atoms with van der Waals surface area (Å²) in [6.07, 6.45) is 4.23. The van der Waals surface area contributed by atoms with Gasteiger partial charge in [0, 0.05) is 18.5 Å². The molecular weight excluding hydrogens is 396 g/mol. The summed E-state index contributed by atoms with van der Waals surface area (Å²) in [5.41, 5.74) is 2.15. The minimum absolute atomic E-state index is 0.0128. The van der Waals surface area contributed by atoms with Gasteiger partial charge in [0.15, 0.2) is 0 Å². The molecule has 0 saturated heterocycles. The van der Waals surface area contributed by atoms with Gasteiger partial charge >= 0.3 is 0 Å². The van der Waals surface area contributed by atoms with Gasteiger partial charge in [0.1, 0.15) is 17.2 Å². The van der Waals surface area contributed by atoms with E-state index < -0.39 is 0 Å². The number of fused-ring (bicyclic) bond motifs is 3. The van der Waals surface area contributed by atoms with Gasteiger partial charge in [-0.2, -0.15) is 0 Å². The second-order valence-corrected chi connectivity index (χ2v) is 9.37. The molecule has 0 radical (unpaired) electrons.